The third kappa shape index (κ3) is 8.16. The molecule has 1 aromatic heterocycles. The third-order valence-electron chi connectivity index (χ3n) is 6.90. The molecule has 14 heteroatoms. The van der Waals surface area contributed by atoms with Crippen LogP contribution in [-0.4, -0.2) is 74.3 Å². The van der Waals surface area contributed by atoms with Crippen molar-refractivity contribution in [1.82, 2.24) is 9.78 Å². The molecule has 1 amide bonds. The van der Waals surface area contributed by atoms with E-state index in [4.69, 9.17) is 23.7 Å². The normalized spacial score (nSPS) is 22.2. The Labute approximate surface area is 247 Å². The molecule has 0 radical (unpaired) electrons. The molecule has 1 aliphatic heterocycles. The van der Waals surface area contributed by atoms with Gasteiger partial charge in [-0.2, -0.15) is 5.10 Å². The maximum Gasteiger partial charge on any atom is 0.573 e. The van der Waals surface area contributed by atoms with Gasteiger partial charge in [-0.3, -0.25) is 5.32 Å². The maximum atomic E-state index is 12.7. The number of rotatable bonds is 11. The fraction of sp³-hybridized carbons (Fsp3) is 0.448. The van der Waals surface area contributed by atoms with E-state index in [-0.39, 0.29) is 5.75 Å². The number of benzene rings is 2. The van der Waals surface area contributed by atoms with Crippen LogP contribution < -0.4 is 15.4 Å². The molecule has 0 saturated carbocycles. The molecule has 0 aliphatic carbocycles. The minimum atomic E-state index is -4.74. The molecular formula is C29H35F3N4O7. The van der Waals surface area contributed by atoms with Gasteiger partial charge < -0.3 is 33.7 Å². The van der Waals surface area contributed by atoms with Crippen molar-refractivity contribution < 1.29 is 46.4 Å². The summed E-state index contributed by atoms with van der Waals surface area (Å²) >= 11 is 0. The smallest absolute Gasteiger partial charge is 0.416 e. The van der Waals surface area contributed by atoms with Crippen molar-refractivity contribution in [2.75, 3.05) is 32.0 Å². The summed E-state index contributed by atoms with van der Waals surface area (Å²) in [6.07, 6.45) is -8.47. The number of hydrogen-bond acceptors (Lipinski definition) is 9. The van der Waals surface area contributed by atoms with Gasteiger partial charge in [0.1, 0.15) is 29.9 Å². The number of anilines is 2. The van der Waals surface area contributed by atoms with Crippen LogP contribution in [0.15, 0.2) is 54.6 Å². The quantitative estimate of drug-likeness (QED) is 0.295. The van der Waals surface area contributed by atoms with E-state index in [0.717, 1.165) is 16.9 Å². The van der Waals surface area contributed by atoms with Gasteiger partial charge in [0, 0.05) is 51.7 Å². The molecule has 0 unspecified atom stereocenters. The van der Waals surface area contributed by atoms with Gasteiger partial charge in [-0.15, -0.1) is 13.2 Å². The van der Waals surface area contributed by atoms with Crippen LogP contribution in [0.4, 0.5) is 29.5 Å². The Bertz CT molecular complexity index is 1340. The Morgan fingerprint density at radius 3 is 2.21 bits per heavy atom. The molecule has 11 nitrogen and oxygen atoms in total. The van der Waals surface area contributed by atoms with Crippen LogP contribution in [0.25, 0.3) is 11.3 Å². The molecule has 2 N–H and O–H groups in total. The third-order valence-corrected chi connectivity index (χ3v) is 6.90. The van der Waals surface area contributed by atoms with E-state index in [1.165, 1.54) is 26.4 Å². The first kappa shape index (κ1) is 32.1. The molecule has 2 aromatic carbocycles. The van der Waals surface area contributed by atoms with Gasteiger partial charge in [-0.1, -0.05) is 24.3 Å². The molecule has 3 aromatic rings. The maximum absolute atomic E-state index is 12.7. The summed E-state index contributed by atoms with van der Waals surface area (Å²) in [4.78, 5) is 12.7. The Morgan fingerprint density at radius 2 is 1.63 bits per heavy atom. The SMILES string of the molecule is CCn1nc(-c2ccc(NC(=O)O[C@@H]3O[C@@H](C)[C@H](OC)[C@@H](OC)[C@H]3OC)cc2)cc1NCc1ccc(OC(F)(F)F)cc1. The number of methoxy groups -OCH3 is 3. The second-order valence-corrected chi connectivity index (χ2v) is 9.69. The average molecular weight is 609 g/mol. The minimum Gasteiger partial charge on any atom is -0.416 e. The van der Waals surface area contributed by atoms with Gasteiger partial charge in [0.15, 0.2) is 0 Å². The summed E-state index contributed by atoms with van der Waals surface area (Å²) < 4.78 is 70.7. The van der Waals surface area contributed by atoms with Gasteiger partial charge in [0.25, 0.3) is 0 Å². The second kappa shape index (κ2) is 14.1. The zero-order chi connectivity index (χ0) is 31.1. The molecule has 5 atom stereocenters. The topological polar surface area (TPSA) is 114 Å². The van der Waals surface area contributed by atoms with E-state index in [2.05, 4.69) is 20.5 Å². The predicted molar refractivity (Wildman–Crippen MR) is 151 cm³/mol. The largest absolute Gasteiger partial charge is 0.573 e. The Morgan fingerprint density at radius 1 is 0.977 bits per heavy atom. The number of hydrogen-bond donors (Lipinski definition) is 2. The van der Waals surface area contributed by atoms with Crippen LogP contribution in [0.3, 0.4) is 0 Å². The van der Waals surface area contributed by atoms with Gasteiger partial charge in [-0.05, 0) is 43.7 Å². The van der Waals surface area contributed by atoms with E-state index in [1.807, 2.05) is 25.1 Å². The van der Waals surface area contributed by atoms with Gasteiger partial charge in [0.2, 0.25) is 6.29 Å². The monoisotopic (exact) mass is 608 g/mol. The highest BCUT2D eigenvalue weighted by Crippen LogP contribution is 2.29. The Kier molecular flexibility index (Phi) is 10.5. The van der Waals surface area contributed by atoms with Crippen LogP contribution in [-0.2, 0) is 36.8 Å². The molecule has 1 saturated heterocycles. The van der Waals surface area contributed by atoms with Crippen molar-refractivity contribution >= 4 is 17.6 Å². The predicted octanol–water partition coefficient (Wildman–Crippen LogP) is 5.42. The van der Waals surface area contributed by atoms with E-state index in [0.29, 0.717) is 24.5 Å². The zero-order valence-electron chi connectivity index (χ0n) is 24.4. The molecule has 1 fully saturated rings. The molecule has 0 bridgehead atoms. The number of carbonyl (C=O) groups excluding carboxylic acids is 1. The zero-order valence-corrected chi connectivity index (χ0v) is 24.4. The lowest BCUT2D eigenvalue weighted by Gasteiger charge is -2.43. The molecule has 43 heavy (non-hydrogen) atoms. The number of aromatic nitrogens is 2. The second-order valence-electron chi connectivity index (χ2n) is 9.69. The van der Waals surface area contributed by atoms with E-state index in [9.17, 15) is 18.0 Å². The first-order valence-electron chi connectivity index (χ1n) is 13.5. The van der Waals surface area contributed by atoms with Crippen molar-refractivity contribution in [3.8, 4) is 17.0 Å². The summed E-state index contributed by atoms with van der Waals surface area (Å²) in [6, 6.07) is 14.6. The fourth-order valence-electron chi connectivity index (χ4n) is 4.83. The number of alkyl halides is 3. The van der Waals surface area contributed by atoms with Crippen LogP contribution >= 0.6 is 0 Å². The van der Waals surface area contributed by atoms with Crippen molar-refractivity contribution in [2.45, 2.75) is 64.0 Å². The van der Waals surface area contributed by atoms with Crippen molar-refractivity contribution in [2.24, 2.45) is 0 Å². The lowest BCUT2D eigenvalue weighted by Crippen LogP contribution is -2.59. The minimum absolute atomic E-state index is 0.278. The number of nitrogens with one attached hydrogen (secondary N) is 2. The number of amides is 1. The van der Waals surface area contributed by atoms with Crippen molar-refractivity contribution in [3.63, 3.8) is 0 Å². The van der Waals surface area contributed by atoms with E-state index in [1.54, 1.807) is 43.0 Å². The van der Waals surface area contributed by atoms with E-state index >= 15 is 0 Å². The summed E-state index contributed by atoms with van der Waals surface area (Å²) in [5.41, 5.74) is 2.76. The molecule has 0 spiro atoms. The standard InChI is InChI=1S/C29H35F3N4O7/c1-6-36-23(33-16-18-7-13-21(14-8-18)43-29(30,31)32)15-22(35-36)19-9-11-20(12-10-19)34-28(37)42-27-26(40-5)25(39-4)24(38-3)17(2)41-27/h7-15,17,24-27,33H,6,16H2,1-5H3,(H,34,37)/t17-,24-,25+,26+,27-/m0/s1. The van der Waals surface area contributed by atoms with Crippen molar-refractivity contribution in [3.05, 3.63) is 60.2 Å². The highest BCUT2D eigenvalue weighted by atomic mass is 19.4. The molecule has 1 aliphatic rings. The average Bonchev–Trinajstić information content (AvgIpc) is 3.39. The van der Waals surface area contributed by atoms with Gasteiger partial charge >= 0.3 is 12.5 Å². The molecular weight excluding hydrogens is 573 g/mol. The fourth-order valence-corrected chi connectivity index (χ4v) is 4.83. The lowest BCUT2D eigenvalue weighted by atomic mass is 9.99. The van der Waals surface area contributed by atoms with E-state index < -0.39 is 43.2 Å². The molecule has 4 rings (SSSR count). The summed E-state index contributed by atoms with van der Waals surface area (Å²) in [5.74, 6) is 0.456. The lowest BCUT2D eigenvalue weighted by molar-refractivity contribution is -0.288. The number of nitrogens with zero attached hydrogens (tertiary/aromatic N) is 2. The van der Waals surface area contributed by atoms with Crippen LogP contribution in [0.5, 0.6) is 5.75 Å². The van der Waals surface area contributed by atoms with Crippen LogP contribution in [0, 0.1) is 0 Å². The summed E-state index contributed by atoms with van der Waals surface area (Å²) in [6.45, 7) is 4.70. The first-order valence-corrected chi connectivity index (χ1v) is 13.5. The van der Waals surface area contributed by atoms with Crippen molar-refractivity contribution in [1.29, 1.82) is 0 Å². The number of halogens is 3. The summed E-state index contributed by atoms with van der Waals surface area (Å²) in [5, 5.41) is 10.6. The highest BCUT2D eigenvalue weighted by Gasteiger charge is 2.47. The number of ether oxygens (including phenoxy) is 6. The van der Waals surface area contributed by atoms with Crippen LogP contribution in [0.2, 0.25) is 0 Å². The van der Waals surface area contributed by atoms with Crippen LogP contribution in [0.1, 0.15) is 19.4 Å². The number of aryl methyl sites for hydroxylation is 1. The summed E-state index contributed by atoms with van der Waals surface area (Å²) in [7, 11) is 4.56. The number of carbonyl (C=O) groups is 1. The van der Waals surface area contributed by atoms with Gasteiger partial charge in [0.05, 0.1) is 11.8 Å². The highest BCUT2D eigenvalue weighted by molar-refractivity contribution is 5.85. The Balaban J connectivity index is 1.36. The Hall–Kier alpha value is -3.85. The first-order chi connectivity index (χ1) is 20.5. The molecule has 234 valence electrons. The molecule has 2 heterocycles. The van der Waals surface area contributed by atoms with Gasteiger partial charge in [-0.25, -0.2) is 9.48 Å².